The van der Waals surface area contributed by atoms with Gasteiger partial charge in [0.2, 0.25) is 10.0 Å². The van der Waals surface area contributed by atoms with E-state index in [4.69, 9.17) is 16.3 Å². The smallest absolute Gasteiger partial charge is 0.253 e. The van der Waals surface area contributed by atoms with Crippen LogP contribution in [0, 0.1) is 5.82 Å². The summed E-state index contributed by atoms with van der Waals surface area (Å²) >= 11 is 6.05. The predicted molar refractivity (Wildman–Crippen MR) is 131 cm³/mol. The molecule has 1 aliphatic heterocycles. The molecular formula is C25H28ClFN2O5S. The highest BCUT2D eigenvalue weighted by Crippen LogP contribution is 2.37. The summed E-state index contributed by atoms with van der Waals surface area (Å²) in [7, 11) is -3.83. The molecule has 7 nitrogen and oxygen atoms in total. The summed E-state index contributed by atoms with van der Waals surface area (Å²) in [6, 6.07) is 11.7. The Hall–Kier alpha value is -2.49. The number of carbonyl (C=O) groups excluding carboxylic acids is 2. The molecule has 0 unspecified atom stereocenters. The van der Waals surface area contributed by atoms with Crippen molar-refractivity contribution in [1.29, 1.82) is 0 Å². The largest absolute Gasteiger partial charge is 0.365 e. The molecule has 0 radical (unpaired) electrons. The maximum Gasteiger partial charge on any atom is 0.253 e. The van der Waals surface area contributed by atoms with Crippen LogP contribution in [0.3, 0.4) is 0 Å². The minimum Gasteiger partial charge on any atom is -0.365 e. The SMILES string of the molecule is CC[C@@H](CN(c1ccccc1F)S(=O)(=O)C1CC1)N1C(=O)[C@@H](CC=O)OC[C@H]1c1ccc(Cl)cc1. The standard InChI is InChI=1S/C25H28ClFN2O5S/c1-2-19(15-28(35(32,33)20-11-12-20)22-6-4-3-5-21(22)27)29-23(17-7-9-18(26)10-8-17)16-34-24(13-14-30)25(29)31/h3-10,14,19-20,23-24H,2,11-13,15-16H2,1H3/t19-,23-,24+/m0/s1. The third kappa shape index (κ3) is 5.37. The molecule has 0 N–H and O–H groups in total. The maximum absolute atomic E-state index is 14.8. The van der Waals surface area contributed by atoms with Crippen molar-refractivity contribution in [1.82, 2.24) is 4.90 Å². The number of nitrogens with zero attached hydrogens (tertiary/aromatic N) is 2. The summed E-state index contributed by atoms with van der Waals surface area (Å²) in [6.45, 7) is 1.88. The average Bonchev–Trinajstić information content (AvgIpc) is 3.69. The van der Waals surface area contributed by atoms with Gasteiger partial charge in [-0.25, -0.2) is 12.8 Å². The molecule has 2 aliphatic rings. The van der Waals surface area contributed by atoms with Crippen LogP contribution in [0.5, 0.6) is 0 Å². The molecule has 0 bridgehead atoms. The molecule has 2 aromatic rings. The number of hydrogen-bond acceptors (Lipinski definition) is 5. The summed E-state index contributed by atoms with van der Waals surface area (Å²) in [6.07, 6.45) is 1.04. The predicted octanol–water partition coefficient (Wildman–Crippen LogP) is 4.11. The minimum atomic E-state index is -3.83. The van der Waals surface area contributed by atoms with Gasteiger partial charge < -0.3 is 14.4 Å². The van der Waals surface area contributed by atoms with Gasteiger partial charge in [-0.1, -0.05) is 42.8 Å². The van der Waals surface area contributed by atoms with Crippen molar-refractivity contribution in [3.05, 3.63) is 64.9 Å². The Bertz CT molecular complexity index is 1170. The van der Waals surface area contributed by atoms with Gasteiger partial charge in [-0.3, -0.25) is 9.10 Å². The number of para-hydroxylation sites is 1. The first-order valence-electron chi connectivity index (χ1n) is 11.7. The molecule has 2 fully saturated rings. The first kappa shape index (κ1) is 25.6. The third-order valence-electron chi connectivity index (χ3n) is 6.50. The lowest BCUT2D eigenvalue weighted by Gasteiger charge is -2.45. The quantitative estimate of drug-likeness (QED) is 0.438. The van der Waals surface area contributed by atoms with Crippen LogP contribution in [0.4, 0.5) is 10.1 Å². The molecular weight excluding hydrogens is 495 g/mol. The third-order valence-corrected chi connectivity index (χ3v) is 9.03. The number of hydrogen-bond donors (Lipinski definition) is 0. The number of benzene rings is 2. The number of ether oxygens (including phenoxy) is 1. The Balaban J connectivity index is 1.73. The topological polar surface area (TPSA) is 84.0 Å². The molecule has 0 aromatic heterocycles. The Morgan fingerprint density at radius 2 is 1.89 bits per heavy atom. The number of amides is 1. The van der Waals surface area contributed by atoms with Crippen molar-refractivity contribution in [2.45, 2.75) is 56.0 Å². The van der Waals surface area contributed by atoms with Gasteiger partial charge in [0.25, 0.3) is 5.91 Å². The molecule has 1 heterocycles. The Morgan fingerprint density at radius 3 is 2.49 bits per heavy atom. The molecule has 188 valence electrons. The summed E-state index contributed by atoms with van der Waals surface area (Å²) in [5.41, 5.74) is 0.735. The number of halogens is 2. The zero-order valence-corrected chi connectivity index (χ0v) is 20.9. The van der Waals surface area contributed by atoms with E-state index in [-0.39, 0.29) is 25.3 Å². The van der Waals surface area contributed by atoms with Crippen molar-refractivity contribution in [2.75, 3.05) is 17.5 Å². The molecule has 35 heavy (non-hydrogen) atoms. The lowest BCUT2D eigenvalue weighted by molar-refractivity contribution is -0.165. The minimum absolute atomic E-state index is 0.0361. The van der Waals surface area contributed by atoms with Gasteiger partial charge in [0.1, 0.15) is 18.2 Å². The fourth-order valence-electron chi connectivity index (χ4n) is 4.46. The van der Waals surface area contributed by atoms with Crippen molar-refractivity contribution in [3.8, 4) is 0 Å². The van der Waals surface area contributed by atoms with Crippen molar-refractivity contribution < 1.29 is 27.1 Å². The van der Waals surface area contributed by atoms with E-state index in [0.717, 1.165) is 9.87 Å². The van der Waals surface area contributed by atoms with E-state index in [2.05, 4.69) is 0 Å². The van der Waals surface area contributed by atoms with Gasteiger partial charge in [-0.05, 0) is 49.1 Å². The summed E-state index contributed by atoms with van der Waals surface area (Å²) in [4.78, 5) is 26.3. The lowest BCUT2D eigenvalue weighted by atomic mass is 9.98. The van der Waals surface area contributed by atoms with Crippen LogP contribution in [-0.4, -0.2) is 56.1 Å². The normalized spacial score (nSPS) is 21.6. The second-order valence-corrected chi connectivity index (χ2v) is 11.4. The molecule has 3 atom stereocenters. The van der Waals surface area contributed by atoms with Crippen LogP contribution < -0.4 is 4.31 Å². The number of carbonyl (C=O) groups is 2. The van der Waals surface area contributed by atoms with E-state index >= 15 is 0 Å². The van der Waals surface area contributed by atoms with Crippen LogP contribution >= 0.6 is 11.6 Å². The molecule has 4 rings (SSSR count). The first-order valence-corrected chi connectivity index (χ1v) is 13.5. The summed E-state index contributed by atoms with van der Waals surface area (Å²) < 4.78 is 48.4. The van der Waals surface area contributed by atoms with E-state index in [1.807, 2.05) is 6.92 Å². The van der Waals surface area contributed by atoms with Crippen molar-refractivity contribution in [3.63, 3.8) is 0 Å². The number of morpholine rings is 1. The van der Waals surface area contributed by atoms with Gasteiger partial charge in [0, 0.05) is 11.4 Å². The maximum atomic E-state index is 14.8. The van der Waals surface area contributed by atoms with E-state index in [1.165, 1.54) is 18.2 Å². The highest BCUT2D eigenvalue weighted by atomic mass is 35.5. The second kappa shape index (κ2) is 10.6. The van der Waals surface area contributed by atoms with Crippen LogP contribution in [-0.2, 0) is 24.3 Å². The second-order valence-electron chi connectivity index (χ2n) is 8.83. The number of sulfonamides is 1. The molecule has 1 saturated heterocycles. The van der Waals surface area contributed by atoms with Gasteiger partial charge in [0.05, 0.1) is 36.2 Å². The average molecular weight is 523 g/mol. The first-order chi connectivity index (χ1) is 16.8. The fourth-order valence-corrected chi connectivity index (χ4v) is 6.48. The van der Waals surface area contributed by atoms with E-state index < -0.39 is 45.2 Å². The number of rotatable bonds is 10. The molecule has 1 aliphatic carbocycles. The van der Waals surface area contributed by atoms with Gasteiger partial charge in [-0.15, -0.1) is 0 Å². The van der Waals surface area contributed by atoms with Gasteiger partial charge >= 0.3 is 0 Å². The van der Waals surface area contributed by atoms with Crippen LogP contribution in [0.2, 0.25) is 5.02 Å². The lowest BCUT2D eigenvalue weighted by Crippen LogP contribution is -2.57. The van der Waals surface area contributed by atoms with Crippen molar-refractivity contribution in [2.24, 2.45) is 0 Å². The molecule has 1 saturated carbocycles. The Labute approximate surface area is 209 Å². The molecule has 0 spiro atoms. The van der Waals surface area contributed by atoms with Crippen LogP contribution in [0.15, 0.2) is 48.5 Å². The van der Waals surface area contributed by atoms with E-state index in [1.54, 1.807) is 35.2 Å². The molecule has 2 aromatic carbocycles. The Kier molecular flexibility index (Phi) is 7.78. The molecule has 10 heteroatoms. The summed E-state index contributed by atoms with van der Waals surface area (Å²) in [5, 5.41) is -0.0228. The molecule has 1 amide bonds. The van der Waals surface area contributed by atoms with Gasteiger partial charge in [0.15, 0.2) is 0 Å². The number of anilines is 1. The van der Waals surface area contributed by atoms with Crippen LogP contribution in [0.1, 0.15) is 44.2 Å². The number of aldehydes is 1. The van der Waals surface area contributed by atoms with E-state index in [0.29, 0.717) is 30.6 Å². The fraction of sp³-hybridized carbons (Fsp3) is 0.440. The van der Waals surface area contributed by atoms with Crippen LogP contribution in [0.25, 0.3) is 0 Å². The summed E-state index contributed by atoms with van der Waals surface area (Å²) in [5.74, 6) is -1.04. The zero-order valence-electron chi connectivity index (χ0n) is 19.3. The highest BCUT2D eigenvalue weighted by Gasteiger charge is 2.45. The van der Waals surface area contributed by atoms with Crippen molar-refractivity contribution >= 4 is 39.5 Å². The van der Waals surface area contributed by atoms with E-state index in [9.17, 15) is 22.4 Å². The monoisotopic (exact) mass is 522 g/mol. The zero-order chi connectivity index (χ0) is 25.2. The Morgan fingerprint density at radius 1 is 1.20 bits per heavy atom. The van der Waals surface area contributed by atoms with Gasteiger partial charge in [-0.2, -0.15) is 0 Å². The highest BCUT2D eigenvalue weighted by molar-refractivity contribution is 7.93.